The van der Waals surface area contributed by atoms with Crippen LogP contribution in [0.2, 0.25) is 0 Å². The lowest BCUT2D eigenvalue weighted by atomic mass is 9.95. The Kier molecular flexibility index (Phi) is 4.22. The van der Waals surface area contributed by atoms with Crippen LogP contribution >= 0.6 is 0 Å². The SMILES string of the molecule is CC1CC(N(C)C2CCNCC2)CC(C)O1. The van der Waals surface area contributed by atoms with Crippen LogP contribution in [0.5, 0.6) is 0 Å². The van der Waals surface area contributed by atoms with Gasteiger partial charge in [-0.1, -0.05) is 0 Å². The Morgan fingerprint density at radius 3 is 2.12 bits per heavy atom. The quantitative estimate of drug-likeness (QED) is 0.774. The fourth-order valence-electron chi connectivity index (χ4n) is 3.21. The van der Waals surface area contributed by atoms with Crippen molar-refractivity contribution in [3.05, 3.63) is 0 Å². The van der Waals surface area contributed by atoms with Gasteiger partial charge in [-0.2, -0.15) is 0 Å². The Bertz CT molecular complexity index is 206. The Hall–Kier alpha value is -0.120. The van der Waals surface area contributed by atoms with Crippen LogP contribution < -0.4 is 5.32 Å². The normalized spacial score (nSPS) is 37.9. The topological polar surface area (TPSA) is 24.5 Å². The minimum atomic E-state index is 0.429. The van der Waals surface area contributed by atoms with E-state index in [9.17, 15) is 0 Å². The van der Waals surface area contributed by atoms with Crippen molar-refractivity contribution in [3.63, 3.8) is 0 Å². The Labute approximate surface area is 99.5 Å². The maximum Gasteiger partial charge on any atom is 0.0565 e. The highest BCUT2D eigenvalue weighted by molar-refractivity contribution is 4.85. The van der Waals surface area contributed by atoms with Crippen LogP contribution in [0.15, 0.2) is 0 Å². The number of nitrogens with zero attached hydrogens (tertiary/aromatic N) is 1. The molecular weight excluding hydrogens is 200 g/mol. The third kappa shape index (κ3) is 2.96. The van der Waals surface area contributed by atoms with E-state index in [4.69, 9.17) is 4.74 Å². The molecule has 0 aromatic carbocycles. The zero-order chi connectivity index (χ0) is 11.5. The van der Waals surface area contributed by atoms with Gasteiger partial charge in [0.05, 0.1) is 12.2 Å². The average molecular weight is 226 g/mol. The van der Waals surface area contributed by atoms with Crippen LogP contribution in [-0.2, 0) is 4.74 Å². The summed E-state index contributed by atoms with van der Waals surface area (Å²) in [7, 11) is 2.31. The molecule has 2 atom stereocenters. The molecule has 2 heterocycles. The first-order valence-corrected chi connectivity index (χ1v) is 6.75. The van der Waals surface area contributed by atoms with Crippen molar-refractivity contribution in [2.75, 3.05) is 20.1 Å². The van der Waals surface area contributed by atoms with E-state index >= 15 is 0 Å². The zero-order valence-corrected chi connectivity index (χ0v) is 10.9. The van der Waals surface area contributed by atoms with Crippen LogP contribution in [0.4, 0.5) is 0 Å². The van der Waals surface area contributed by atoms with Crippen molar-refractivity contribution in [3.8, 4) is 0 Å². The molecule has 2 aliphatic heterocycles. The smallest absolute Gasteiger partial charge is 0.0565 e. The van der Waals surface area contributed by atoms with Gasteiger partial charge in [0.1, 0.15) is 0 Å². The van der Waals surface area contributed by atoms with Crippen molar-refractivity contribution in [1.82, 2.24) is 10.2 Å². The molecule has 0 radical (unpaired) electrons. The minimum Gasteiger partial charge on any atom is -0.375 e. The molecule has 0 saturated carbocycles. The molecule has 0 aromatic rings. The van der Waals surface area contributed by atoms with Crippen LogP contribution in [0.25, 0.3) is 0 Å². The second-order valence-electron chi connectivity index (χ2n) is 5.53. The van der Waals surface area contributed by atoms with Crippen molar-refractivity contribution in [2.45, 2.75) is 63.8 Å². The maximum absolute atomic E-state index is 5.81. The van der Waals surface area contributed by atoms with Crippen LogP contribution in [0.3, 0.4) is 0 Å². The van der Waals surface area contributed by atoms with Gasteiger partial charge in [-0.05, 0) is 59.7 Å². The molecule has 2 rings (SSSR count). The van der Waals surface area contributed by atoms with Gasteiger partial charge in [-0.15, -0.1) is 0 Å². The lowest BCUT2D eigenvalue weighted by molar-refractivity contribution is -0.0689. The Balaban J connectivity index is 1.89. The van der Waals surface area contributed by atoms with E-state index in [1.54, 1.807) is 0 Å². The molecule has 2 unspecified atom stereocenters. The fourth-order valence-corrected chi connectivity index (χ4v) is 3.21. The summed E-state index contributed by atoms with van der Waals surface area (Å²) in [5.41, 5.74) is 0. The number of hydrogen-bond donors (Lipinski definition) is 1. The Morgan fingerprint density at radius 2 is 1.56 bits per heavy atom. The highest BCUT2D eigenvalue weighted by Gasteiger charge is 2.30. The van der Waals surface area contributed by atoms with Crippen molar-refractivity contribution in [2.24, 2.45) is 0 Å². The number of hydrogen-bond acceptors (Lipinski definition) is 3. The van der Waals surface area contributed by atoms with Crippen LogP contribution in [-0.4, -0.2) is 49.3 Å². The van der Waals surface area contributed by atoms with Crippen molar-refractivity contribution >= 4 is 0 Å². The predicted molar refractivity (Wildman–Crippen MR) is 66.7 cm³/mol. The van der Waals surface area contributed by atoms with E-state index in [-0.39, 0.29) is 0 Å². The fraction of sp³-hybridized carbons (Fsp3) is 1.00. The number of rotatable bonds is 2. The van der Waals surface area contributed by atoms with Gasteiger partial charge in [-0.3, -0.25) is 0 Å². The Morgan fingerprint density at radius 1 is 1.00 bits per heavy atom. The molecule has 16 heavy (non-hydrogen) atoms. The molecule has 0 aliphatic carbocycles. The molecule has 2 fully saturated rings. The molecule has 0 bridgehead atoms. The van der Waals surface area contributed by atoms with E-state index in [2.05, 4.69) is 31.1 Å². The van der Waals surface area contributed by atoms with Gasteiger partial charge < -0.3 is 15.0 Å². The average Bonchev–Trinajstić information content (AvgIpc) is 2.28. The molecule has 94 valence electrons. The van der Waals surface area contributed by atoms with Gasteiger partial charge in [0.15, 0.2) is 0 Å². The second kappa shape index (κ2) is 5.48. The number of piperidine rings is 1. The van der Waals surface area contributed by atoms with Gasteiger partial charge in [0.25, 0.3) is 0 Å². The van der Waals surface area contributed by atoms with Gasteiger partial charge in [0, 0.05) is 12.1 Å². The van der Waals surface area contributed by atoms with Gasteiger partial charge in [0.2, 0.25) is 0 Å². The maximum atomic E-state index is 5.81. The second-order valence-corrected chi connectivity index (χ2v) is 5.53. The number of nitrogens with one attached hydrogen (secondary N) is 1. The van der Waals surface area contributed by atoms with E-state index in [0.717, 1.165) is 12.1 Å². The number of ether oxygens (including phenoxy) is 1. The van der Waals surface area contributed by atoms with E-state index in [1.165, 1.54) is 38.8 Å². The predicted octanol–water partition coefficient (Wildman–Crippen LogP) is 1.63. The molecule has 2 aliphatic rings. The van der Waals surface area contributed by atoms with Crippen molar-refractivity contribution in [1.29, 1.82) is 0 Å². The summed E-state index contributed by atoms with van der Waals surface area (Å²) in [4.78, 5) is 2.62. The summed E-state index contributed by atoms with van der Waals surface area (Å²) in [5.74, 6) is 0. The van der Waals surface area contributed by atoms with Crippen molar-refractivity contribution < 1.29 is 4.74 Å². The largest absolute Gasteiger partial charge is 0.375 e. The molecule has 0 spiro atoms. The molecule has 0 amide bonds. The molecule has 3 nitrogen and oxygen atoms in total. The molecule has 2 saturated heterocycles. The first-order valence-electron chi connectivity index (χ1n) is 6.75. The summed E-state index contributed by atoms with van der Waals surface area (Å²) in [6, 6.07) is 1.51. The third-order valence-electron chi connectivity index (χ3n) is 4.13. The van der Waals surface area contributed by atoms with Gasteiger partial charge >= 0.3 is 0 Å². The van der Waals surface area contributed by atoms with E-state index < -0.39 is 0 Å². The minimum absolute atomic E-state index is 0.429. The molecule has 1 N–H and O–H groups in total. The third-order valence-corrected chi connectivity index (χ3v) is 4.13. The van der Waals surface area contributed by atoms with Crippen LogP contribution in [0.1, 0.15) is 39.5 Å². The van der Waals surface area contributed by atoms with E-state index in [1.807, 2.05) is 0 Å². The summed E-state index contributed by atoms with van der Waals surface area (Å²) >= 11 is 0. The van der Waals surface area contributed by atoms with Gasteiger partial charge in [-0.25, -0.2) is 0 Å². The first kappa shape index (κ1) is 12.3. The monoisotopic (exact) mass is 226 g/mol. The molecule has 3 heteroatoms. The summed E-state index contributed by atoms with van der Waals surface area (Å²) in [6.45, 7) is 6.78. The summed E-state index contributed by atoms with van der Waals surface area (Å²) < 4.78 is 5.81. The lowest BCUT2D eigenvalue weighted by Crippen LogP contribution is -2.49. The van der Waals surface area contributed by atoms with Crippen LogP contribution in [0, 0.1) is 0 Å². The highest BCUT2D eigenvalue weighted by Crippen LogP contribution is 2.25. The highest BCUT2D eigenvalue weighted by atomic mass is 16.5. The molecular formula is C13H26N2O. The standard InChI is InChI=1S/C13H26N2O/c1-10-8-13(9-11(2)16-10)15(3)12-4-6-14-7-5-12/h10-14H,4-9H2,1-3H3. The van der Waals surface area contributed by atoms with E-state index in [0.29, 0.717) is 12.2 Å². The lowest BCUT2D eigenvalue weighted by Gasteiger charge is -2.42. The summed E-state index contributed by atoms with van der Waals surface area (Å²) in [5, 5.41) is 3.44. The summed E-state index contributed by atoms with van der Waals surface area (Å²) in [6.07, 6.45) is 5.86. The zero-order valence-electron chi connectivity index (χ0n) is 10.9. The first-order chi connectivity index (χ1) is 7.66. The molecule has 0 aromatic heterocycles.